The fourth-order valence-electron chi connectivity index (χ4n) is 1.50. The third-order valence-corrected chi connectivity index (χ3v) is 3.06. The summed E-state index contributed by atoms with van der Waals surface area (Å²) in [5, 5.41) is 3.16. The largest absolute Gasteiger partial charge is 0.496 e. The molecule has 0 aliphatic carbocycles. The summed E-state index contributed by atoms with van der Waals surface area (Å²) in [6.07, 6.45) is 1.47. The van der Waals surface area contributed by atoms with E-state index >= 15 is 0 Å². The minimum Gasteiger partial charge on any atom is -0.496 e. The summed E-state index contributed by atoms with van der Waals surface area (Å²) in [6, 6.07) is 8.81. The lowest BCUT2D eigenvalue weighted by atomic mass is 10.2. The number of hydrogen-bond donors (Lipinski definition) is 1. The van der Waals surface area contributed by atoms with Crippen molar-refractivity contribution >= 4 is 21.6 Å². The van der Waals surface area contributed by atoms with Crippen molar-refractivity contribution in [3.63, 3.8) is 0 Å². The average Bonchev–Trinajstić information content (AvgIpc) is 2.38. The molecular weight excluding hydrogens is 299 g/mol. The van der Waals surface area contributed by atoms with E-state index in [4.69, 9.17) is 4.74 Å². The van der Waals surface area contributed by atoms with Gasteiger partial charge in [0.25, 0.3) is 0 Å². The van der Waals surface area contributed by atoms with Crippen LogP contribution in [0.4, 0.5) is 10.1 Å². The Hall–Kier alpha value is -1.62. The Morgan fingerprint density at radius 3 is 2.78 bits per heavy atom. The number of aromatic nitrogens is 1. The highest BCUT2D eigenvalue weighted by atomic mass is 79.9. The maximum atomic E-state index is 12.6. The summed E-state index contributed by atoms with van der Waals surface area (Å²) >= 11 is 3.43. The second-order valence-corrected chi connectivity index (χ2v) is 4.55. The molecule has 1 aromatic heterocycles. The lowest BCUT2D eigenvalue weighted by Crippen LogP contribution is -2.00. The van der Waals surface area contributed by atoms with Crippen LogP contribution in [-0.2, 0) is 6.54 Å². The highest BCUT2D eigenvalue weighted by Gasteiger charge is 2.01. The molecular formula is C13H12BrFN2O. The van der Waals surface area contributed by atoms with Gasteiger partial charge in [0, 0.05) is 6.54 Å². The van der Waals surface area contributed by atoms with Crippen molar-refractivity contribution in [2.45, 2.75) is 6.54 Å². The van der Waals surface area contributed by atoms with E-state index in [-0.39, 0.29) is 0 Å². The van der Waals surface area contributed by atoms with Crippen LogP contribution >= 0.6 is 15.9 Å². The fraction of sp³-hybridized carbons (Fsp3) is 0.154. The number of methoxy groups -OCH3 is 1. The van der Waals surface area contributed by atoms with Gasteiger partial charge in [-0.15, -0.1) is 0 Å². The van der Waals surface area contributed by atoms with Crippen LogP contribution in [-0.4, -0.2) is 12.1 Å². The average molecular weight is 311 g/mol. The number of anilines is 1. The summed E-state index contributed by atoms with van der Waals surface area (Å²) in [7, 11) is 1.63. The van der Waals surface area contributed by atoms with Gasteiger partial charge < -0.3 is 10.1 Å². The van der Waals surface area contributed by atoms with Crippen molar-refractivity contribution in [1.29, 1.82) is 0 Å². The molecule has 1 heterocycles. The Labute approximate surface area is 113 Å². The third-order valence-electron chi connectivity index (χ3n) is 2.44. The molecule has 2 rings (SSSR count). The molecule has 3 nitrogen and oxygen atoms in total. The topological polar surface area (TPSA) is 34.1 Å². The van der Waals surface area contributed by atoms with Gasteiger partial charge in [-0.25, -0.2) is 4.98 Å². The van der Waals surface area contributed by atoms with Crippen molar-refractivity contribution in [3.8, 4) is 5.75 Å². The lowest BCUT2D eigenvalue weighted by molar-refractivity contribution is 0.412. The third kappa shape index (κ3) is 3.20. The number of nitrogens with one attached hydrogen (secondary N) is 1. The molecule has 1 aromatic carbocycles. The summed E-state index contributed by atoms with van der Waals surface area (Å²) in [6.45, 7) is 0.635. The van der Waals surface area contributed by atoms with Gasteiger partial charge in [0.15, 0.2) is 0 Å². The fourth-order valence-corrected chi connectivity index (χ4v) is 2.09. The molecule has 0 bridgehead atoms. The maximum Gasteiger partial charge on any atom is 0.212 e. The van der Waals surface area contributed by atoms with E-state index in [2.05, 4.69) is 26.2 Å². The molecule has 5 heteroatoms. The highest BCUT2D eigenvalue weighted by molar-refractivity contribution is 9.10. The van der Waals surface area contributed by atoms with Gasteiger partial charge in [0.1, 0.15) is 5.75 Å². The van der Waals surface area contributed by atoms with E-state index in [9.17, 15) is 4.39 Å². The second kappa shape index (κ2) is 5.82. The Bertz CT molecular complexity index is 531. The minimum atomic E-state index is -0.479. The second-order valence-electron chi connectivity index (χ2n) is 3.69. The van der Waals surface area contributed by atoms with Gasteiger partial charge in [0.05, 0.1) is 23.5 Å². The highest BCUT2D eigenvalue weighted by Crippen LogP contribution is 2.25. The van der Waals surface area contributed by atoms with Crippen molar-refractivity contribution < 1.29 is 9.13 Å². The summed E-state index contributed by atoms with van der Waals surface area (Å²) in [4.78, 5) is 3.58. The van der Waals surface area contributed by atoms with Gasteiger partial charge in [0.2, 0.25) is 5.95 Å². The zero-order valence-electron chi connectivity index (χ0n) is 9.78. The van der Waals surface area contributed by atoms with Crippen molar-refractivity contribution in [3.05, 3.63) is 52.5 Å². The molecule has 18 heavy (non-hydrogen) atoms. The molecule has 0 aliphatic heterocycles. The molecule has 0 amide bonds. The molecule has 1 N–H and O–H groups in total. The molecule has 0 fully saturated rings. The zero-order valence-corrected chi connectivity index (χ0v) is 11.4. The predicted octanol–water partition coefficient (Wildman–Crippen LogP) is 3.60. The smallest absolute Gasteiger partial charge is 0.212 e. The van der Waals surface area contributed by atoms with E-state index in [1.54, 1.807) is 13.2 Å². The first-order chi connectivity index (χ1) is 8.69. The molecule has 0 unspecified atom stereocenters. The quantitative estimate of drug-likeness (QED) is 0.876. The molecule has 0 radical (unpaired) electrons. The van der Waals surface area contributed by atoms with Crippen molar-refractivity contribution in [2.24, 2.45) is 0 Å². The number of pyridine rings is 1. The molecule has 0 aliphatic rings. The van der Waals surface area contributed by atoms with E-state index in [1.165, 1.54) is 12.3 Å². The normalized spacial score (nSPS) is 10.2. The van der Waals surface area contributed by atoms with Gasteiger partial charge in [-0.1, -0.05) is 6.07 Å². The minimum absolute atomic E-state index is 0.479. The van der Waals surface area contributed by atoms with Gasteiger partial charge in [-0.05, 0) is 45.8 Å². The number of benzene rings is 1. The number of ether oxygens (including phenoxy) is 1. The molecule has 94 valence electrons. The molecule has 0 atom stereocenters. The Kier molecular flexibility index (Phi) is 4.15. The monoisotopic (exact) mass is 310 g/mol. The zero-order chi connectivity index (χ0) is 13.0. The van der Waals surface area contributed by atoms with Crippen LogP contribution in [0.1, 0.15) is 5.56 Å². The van der Waals surface area contributed by atoms with Crippen molar-refractivity contribution in [1.82, 2.24) is 4.98 Å². The summed E-state index contributed by atoms with van der Waals surface area (Å²) < 4.78 is 18.7. The standard InChI is InChI=1S/C13H12BrFN2O/c1-18-12-4-2-9(6-11(12)14)7-16-10-3-5-13(15)17-8-10/h2-6,8,16H,7H2,1H3. The summed E-state index contributed by atoms with van der Waals surface area (Å²) in [5.41, 5.74) is 1.87. The van der Waals surface area contributed by atoms with Gasteiger partial charge >= 0.3 is 0 Å². The number of nitrogens with zero attached hydrogens (tertiary/aromatic N) is 1. The van der Waals surface area contributed by atoms with Crippen molar-refractivity contribution in [2.75, 3.05) is 12.4 Å². The van der Waals surface area contributed by atoms with E-state index in [0.717, 1.165) is 21.5 Å². The SMILES string of the molecule is COc1ccc(CNc2ccc(F)nc2)cc1Br. The summed E-state index contributed by atoms with van der Waals surface area (Å²) in [5.74, 6) is 0.315. The molecule has 0 saturated carbocycles. The Morgan fingerprint density at radius 2 is 2.17 bits per heavy atom. The Balaban J connectivity index is 2.02. The van der Waals surface area contributed by atoms with Crippen LogP contribution in [0.15, 0.2) is 41.0 Å². The van der Waals surface area contributed by atoms with Crippen LogP contribution in [0.3, 0.4) is 0 Å². The first-order valence-corrected chi connectivity index (χ1v) is 6.16. The van der Waals surface area contributed by atoms with Crippen LogP contribution in [0.5, 0.6) is 5.75 Å². The number of rotatable bonds is 4. The van der Waals surface area contributed by atoms with Gasteiger partial charge in [-0.3, -0.25) is 0 Å². The molecule has 0 saturated heterocycles. The first-order valence-electron chi connectivity index (χ1n) is 5.37. The number of hydrogen-bond acceptors (Lipinski definition) is 3. The number of halogens is 2. The lowest BCUT2D eigenvalue weighted by Gasteiger charge is -2.08. The van der Waals surface area contributed by atoms with Crippen LogP contribution in [0, 0.1) is 5.95 Å². The van der Waals surface area contributed by atoms with Crippen LogP contribution < -0.4 is 10.1 Å². The van der Waals surface area contributed by atoms with Crippen LogP contribution in [0.2, 0.25) is 0 Å². The Morgan fingerprint density at radius 1 is 1.33 bits per heavy atom. The van der Waals surface area contributed by atoms with E-state index < -0.39 is 5.95 Å². The van der Waals surface area contributed by atoms with E-state index in [0.29, 0.717) is 6.54 Å². The van der Waals surface area contributed by atoms with Gasteiger partial charge in [-0.2, -0.15) is 4.39 Å². The van der Waals surface area contributed by atoms with Crippen LogP contribution in [0.25, 0.3) is 0 Å². The predicted molar refractivity (Wildman–Crippen MR) is 72.2 cm³/mol. The maximum absolute atomic E-state index is 12.6. The van der Waals surface area contributed by atoms with E-state index in [1.807, 2.05) is 18.2 Å². The first kappa shape index (κ1) is 12.8. The molecule has 0 spiro atoms. The molecule has 2 aromatic rings.